The maximum absolute atomic E-state index is 6.31. The number of aliphatic imine (C=N–C) groups is 1. The summed E-state index contributed by atoms with van der Waals surface area (Å²) in [4.78, 5) is 7.11. The summed E-state index contributed by atoms with van der Waals surface area (Å²) in [5, 5.41) is 4.53. The van der Waals surface area contributed by atoms with Crippen molar-refractivity contribution in [2.45, 2.75) is 50.4 Å². The number of rotatable bonds is 3. The largest absolute Gasteiger partial charge is 0.381 e. The molecule has 0 unspecified atom stereocenters. The van der Waals surface area contributed by atoms with Gasteiger partial charge < -0.3 is 15.0 Å². The fourth-order valence-electron chi connectivity index (χ4n) is 5.38. The minimum atomic E-state index is 0.0594. The summed E-state index contributed by atoms with van der Waals surface area (Å²) in [7, 11) is 1.91. The van der Waals surface area contributed by atoms with Gasteiger partial charge in [-0.2, -0.15) is 0 Å². The molecular formula is C22H32ClN3O. The van der Waals surface area contributed by atoms with Crippen molar-refractivity contribution >= 4 is 17.6 Å². The van der Waals surface area contributed by atoms with Crippen LogP contribution in [0.25, 0.3) is 0 Å². The summed E-state index contributed by atoms with van der Waals surface area (Å²) in [5.41, 5.74) is 1.93. The van der Waals surface area contributed by atoms with Gasteiger partial charge in [-0.3, -0.25) is 4.99 Å². The quantitative estimate of drug-likeness (QED) is 0.620. The number of nitrogens with zero attached hydrogens (tertiary/aromatic N) is 2. The molecule has 3 fully saturated rings. The first kappa shape index (κ1) is 19.1. The minimum Gasteiger partial charge on any atom is -0.381 e. The summed E-state index contributed by atoms with van der Waals surface area (Å²) >= 11 is 6.31. The molecule has 4 nitrogen and oxygen atoms in total. The molecule has 0 bridgehead atoms. The number of guanidine groups is 1. The number of hydrogen-bond acceptors (Lipinski definition) is 2. The molecule has 5 heteroatoms. The Morgan fingerprint density at radius 1 is 1.19 bits per heavy atom. The molecule has 1 spiro atoms. The molecule has 0 radical (unpaired) electrons. The maximum atomic E-state index is 6.31. The molecule has 1 aromatic rings. The third kappa shape index (κ3) is 3.97. The van der Waals surface area contributed by atoms with Crippen molar-refractivity contribution in [2.24, 2.45) is 10.4 Å². The molecule has 0 atom stereocenters. The van der Waals surface area contributed by atoms with Crippen LogP contribution in [0.15, 0.2) is 29.3 Å². The summed E-state index contributed by atoms with van der Waals surface area (Å²) in [5.74, 6) is 1.06. The lowest BCUT2D eigenvalue weighted by Crippen LogP contribution is -2.49. The molecule has 1 aromatic carbocycles. The monoisotopic (exact) mass is 389 g/mol. The van der Waals surface area contributed by atoms with Crippen molar-refractivity contribution in [1.29, 1.82) is 0 Å². The zero-order valence-corrected chi connectivity index (χ0v) is 17.2. The highest BCUT2D eigenvalue weighted by molar-refractivity contribution is 6.30. The van der Waals surface area contributed by atoms with Crippen LogP contribution in [0, 0.1) is 5.41 Å². The van der Waals surface area contributed by atoms with Gasteiger partial charge >= 0.3 is 0 Å². The molecule has 148 valence electrons. The van der Waals surface area contributed by atoms with Gasteiger partial charge in [-0.25, -0.2) is 0 Å². The first-order chi connectivity index (χ1) is 13.1. The van der Waals surface area contributed by atoms with Crippen LogP contribution in [0.1, 0.15) is 50.5 Å². The van der Waals surface area contributed by atoms with Gasteiger partial charge in [-0.15, -0.1) is 0 Å². The number of ether oxygens (including phenoxy) is 1. The van der Waals surface area contributed by atoms with Crippen LogP contribution in [0.5, 0.6) is 0 Å². The lowest BCUT2D eigenvalue weighted by molar-refractivity contribution is 0.0512. The lowest BCUT2D eigenvalue weighted by Gasteiger charge is -2.39. The second-order valence-corrected chi connectivity index (χ2v) is 9.12. The highest BCUT2D eigenvalue weighted by Crippen LogP contribution is 2.45. The molecule has 2 heterocycles. The zero-order valence-electron chi connectivity index (χ0n) is 16.5. The average Bonchev–Trinajstić information content (AvgIpc) is 3.33. The van der Waals surface area contributed by atoms with Gasteiger partial charge in [0.1, 0.15) is 0 Å². The van der Waals surface area contributed by atoms with Crippen molar-refractivity contribution in [3.05, 3.63) is 34.9 Å². The van der Waals surface area contributed by atoms with Gasteiger partial charge in [0.25, 0.3) is 0 Å². The molecule has 4 rings (SSSR count). The number of halogens is 1. The van der Waals surface area contributed by atoms with E-state index in [1.165, 1.54) is 44.2 Å². The Morgan fingerprint density at radius 3 is 2.67 bits per heavy atom. The van der Waals surface area contributed by atoms with Crippen LogP contribution in [-0.4, -0.2) is 50.8 Å². The summed E-state index contributed by atoms with van der Waals surface area (Å²) in [6.07, 6.45) is 8.94. The van der Waals surface area contributed by atoms with Crippen molar-refractivity contribution in [2.75, 3.05) is 39.9 Å². The van der Waals surface area contributed by atoms with Crippen molar-refractivity contribution in [3.8, 4) is 0 Å². The third-order valence-electron chi connectivity index (χ3n) is 7.09. The standard InChI is InChI=1S/C22H32ClN3O/c1-24-20(26-12-9-21(17-26)7-2-3-8-21)25-16-22(10-13-27-14-11-22)18-5-4-6-19(23)15-18/h4-6,15H,2-3,7-14,16-17H2,1H3,(H,24,25). The Labute approximate surface area is 168 Å². The predicted octanol–water partition coefficient (Wildman–Crippen LogP) is 4.23. The summed E-state index contributed by atoms with van der Waals surface area (Å²) in [6, 6.07) is 8.36. The number of likely N-dealkylation sites (tertiary alicyclic amines) is 1. The topological polar surface area (TPSA) is 36.9 Å². The van der Waals surface area contributed by atoms with Gasteiger partial charge in [-0.1, -0.05) is 36.6 Å². The predicted molar refractivity (Wildman–Crippen MR) is 112 cm³/mol. The Kier molecular flexibility index (Phi) is 5.65. The van der Waals surface area contributed by atoms with E-state index in [0.29, 0.717) is 5.41 Å². The molecular weight excluding hydrogens is 358 g/mol. The van der Waals surface area contributed by atoms with Crippen molar-refractivity contribution in [1.82, 2.24) is 10.2 Å². The molecule has 3 aliphatic rings. The Bertz CT molecular complexity index is 678. The van der Waals surface area contributed by atoms with E-state index < -0.39 is 0 Å². The third-order valence-corrected chi connectivity index (χ3v) is 7.32. The summed E-state index contributed by atoms with van der Waals surface area (Å²) < 4.78 is 5.67. The van der Waals surface area contributed by atoms with Gasteiger partial charge in [0, 0.05) is 50.3 Å². The zero-order chi connectivity index (χ0) is 18.7. The molecule has 1 N–H and O–H groups in total. The first-order valence-electron chi connectivity index (χ1n) is 10.4. The van der Waals surface area contributed by atoms with Gasteiger partial charge in [-0.05, 0) is 55.2 Å². The van der Waals surface area contributed by atoms with E-state index >= 15 is 0 Å². The molecule has 2 aliphatic heterocycles. The van der Waals surface area contributed by atoms with Crippen LogP contribution in [0.3, 0.4) is 0 Å². The second-order valence-electron chi connectivity index (χ2n) is 8.68. The SMILES string of the molecule is CN=C(NCC1(c2cccc(Cl)c2)CCOCC1)N1CCC2(CCCC2)C1. The minimum absolute atomic E-state index is 0.0594. The Balaban J connectivity index is 1.47. The number of hydrogen-bond donors (Lipinski definition) is 1. The van der Waals surface area contributed by atoms with E-state index in [9.17, 15) is 0 Å². The smallest absolute Gasteiger partial charge is 0.193 e. The molecule has 2 saturated heterocycles. The molecule has 1 saturated carbocycles. The van der Waals surface area contributed by atoms with Gasteiger partial charge in [0.2, 0.25) is 0 Å². The van der Waals surface area contributed by atoms with Crippen LogP contribution in [0.4, 0.5) is 0 Å². The van der Waals surface area contributed by atoms with E-state index in [-0.39, 0.29) is 5.41 Å². The fraction of sp³-hybridized carbons (Fsp3) is 0.682. The lowest BCUT2D eigenvalue weighted by atomic mass is 9.74. The molecule has 0 amide bonds. The van der Waals surface area contributed by atoms with E-state index in [0.717, 1.165) is 50.1 Å². The molecule has 0 aromatic heterocycles. The van der Waals surface area contributed by atoms with Gasteiger partial charge in [0.15, 0.2) is 5.96 Å². The Morgan fingerprint density at radius 2 is 1.96 bits per heavy atom. The van der Waals surface area contributed by atoms with Crippen LogP contribution in [-0.2, 0) is 10.2 Å². The van der Waals surface area contributed by atoms with E-state index in [1.807, 2.05) is 13.1 Å². The maximum Gasteiger partial charge on any atom is 0.193 e. The highest BCUT2D eigenvalue weighted by Gasteiger charge is 2.42. The normalized spacial score (nSPS) is 24.5. The fourth-order valence-corrected chi connectivity index (χ4v) is 5.57. The number of nitrogens with one attached hydrogen (secondary N) is 1. The highest BCUT2D eigenvalue weighted by atomic mass is 35.5. The number of benzene rings is 1. The first-order valence-corrected chi connectivity index (χ1v) is 10.8. The summed E-state index contributed by atoms with van der Waals surface area (Å²) in [6.45, 7) is 4.79. The Hall–Kier alpha value is -1.26. The van der Waals surface area contributed by atoms with Crippen molar-refractivity contribution < 1.29 is 4.74 Å². The van der Waals surface area contributed by atoms with Gasteiger partial charge in [0.05, 0.1) is 0 Å². The van der Waals surface area contributed by atoms with Crippen LogP contribution < -0.4 is 5.32 Å². The van der Waals surface area contributed by atoms with Crippen molar-refractivity contribution in [3.63, 3.8) is 0 Å². The van der Waals surface area contributed by atoms with Crippen LogP contribution in [0.2, 0.25) is 5.02 Å². The average molecular weight is 390 g/mol. The van der Waals surface area contributed by atoms with E-state index in [4.69, 9.17) is 16.3 Å². The van der Waals surface area contributed by atoms with Crippen LogP contribution >= 0.6 is 11.6 Å². The van der Waals surface area contributed by atoms with E-state index in [2.05, 4.69) is 33.4 Å². The van der Waals surface area contributed by atoms with E-state index in [1.54, 1.807) is 0 Å². The molecule has 1 aliphatic carbocycles. The molecule has 27 heavy (non-hydrogen) atoms. The second kappa shape index (κ2) is 8.00.